The van der Waals surface area contributed by atoms with Crippen LogP contribution >= 0.6 is 11.6 Å². The first kappa shape index (κ1) is 17.6. The maximum atomic E-state index is 13.0. The van der Waals surface area contributed by atoms with Gasteiger partial charge < -0.3 is 10.0 Å². The SMILES string of the molecule is CCc1nc2c(Cl)cc(C(F)(F)F)cn2c1C(=O)N(C)CCO. The molecule has 0 aromatic carbocycles. The van der Waals surface area contributed by atoms with Crippen LogP contribution in [0.2, 0.25) is 5.02 Å². The Morgan fingerprint density at radius 3 is 2.65 bits per heavy atom. The highest BCUT2D eigenvalue weighted by atomic mass is 35.5. The van der Waals surface area contributed by atoms with Crippen molar-refractivity contribution in [3.8, 4) is 0 Å². The quantitative estimate of drug-likeness (QED) is 0.923. The monoisotopic (exact) mass is 349 g/mol. The van der Waals surface area contributed by atoms with Gasteiger partial charge in [-0.3, -0.25) is 9.20 Å². The number of aliphatic hydroxyl groups excluding tert-OH is 1. The number of aromatic nitrogens is 2. The van der Waals surface area contributed by atoms with Crippen LogP contribution in [0.25, 0.3) is 5.65 Å². The van der Waals surface area contributed by atoms with Crippen molar-refractivity contribution in [2.75, 3.05) is 20.2 Å². The molecule has 126 valence electrons. The third-order valence-electron chi connectivity index (χ3n) is 3.39. The van der Waals surface area contributed by atoms with E-state index in [-0.39, 0.29) is 29.5 Å². The van der Waals surface area contributed by atoms with Gasteiger partial charge >= 0.3 is 6.18 Å². The van der Waals surface area contributed by atoms with E-state index in [9.17, 15) is 18.0 Å². The molecule has 0 fully saturated rings. The molecule has 0 bridgehead atoms. The van der Waals surface area contributed by atoms with Crippen molar-refractivity contribution in [2.24, 2.45) is 0 Å². The molecule has 0 aliphatic carbocycles. The highest BCUT2D eigenvalue weighted by molar-refractivity contribution is 6.33. The minimum atomic E-state index is -4.59. The number of aliphatic hydroxyl groups is 1. The van der Waals surface area contributed by atoms with Gasteiger partial charge in [-0.05, 0) is 12.5 Å². The lowest BCUT2D eigenvalue weighted by molar-refractivity contribution is -0.137. The molecule has 2 rings (SSSR count). The summed E-state index contributed by atoms with van der Waals surface area (Å²) in [4.78, 5) is 17.9. The Balaban J connectivity index is 2.71. The zero-order chi connectivity index (χ0) is 17.4. The first-order valence-corrected chi connectivity index (χ1v) is 7.22. The Kier molecular flexibility index (Phi) is 4.86. The van der Waals surface area contributed by atoms with Crippen LogP contribution in [0.4, 0.5) is 13.2 Å². The molecule has 0 unspecified atom stereocenters. The number of alkyl halides is 3. The molecule has 2 heterocycles. The van der Waals surface area contributed by atoms with E-state index in [0.717, 1.165) is 16.7 Å². The Hall–Kier alpha value is -1.80. The van der Waals surface area contributed by atoms with Gasteiger partial charge in [-0.15, -0.1) is 0 Å². The standard InChI is InChI=1S/C14H15ClF3N3O2/c1-3-10-11(13(23)20(2)4-5-22)21-7-8(14(16,17)18)6-9(15)12(21)19-10/h6-7,22H,3-5H2,1-2H3. The molecule has 0 saturated heterocycles. The fourth-order valence-corrected chi connectivity index (χ4v) is 2.46. The van der Waals surface area contributed by atoms with Crippen molar-refractivity contribution in [3.05, 3.63) is 34.2 Å². The Morgan fingerprint density at radius 2 is 2.13 bits per heavy atom. The second kappa shape index (κ2) is 6.37. The number of likely N-dealkylation sites (N-methyl/N-ethyl adjacent to an activating group) is 1. The third-order valence-corrected chi connectivity index (χ3v) is 3.67. The van der Waals surface area contributed by atoms with Crippen LogP contribution in [-0.4, -0.2) is 45.5 Å². The topological polar surface area (TPSA) is 57.8 Å². The van der Waals surface area contributed by atoms with Crippen LogP contribution < -0.4 is 0 Å². The number of carbonyl (C=O) groups is 1. The fraction of sp³-hybridized carbons (Fsp3) is 0.429. The molecule has 0 aliphatic rings. The predicted octanol–water partition coefficient (Wildman–Crippen LogP) is 2.63. The van der Waals surface area contributed by atoms with Gasteiger partial charge in [0.15, 0.2) is 5.65 Å². The van der Waals surface area contributed by atoms with Crippen molar-refractivity contribution in [1.82, 2.24) is 14.3 Å². The molecule has 0 saturated carbocycles. The van der Waals surface area contributed by atoms with Gasteiger partial charge in [-0.1, -0.05) is 18.5 Å². The van der Waals surface area contributed by atoms with Gasteiger partial charge in [0, 0.05) is 19.8 Å². The normalized spacial score (nSPS) is 12.0. The van der Waals surface area contributed by atoms with Gasteiger partial charge in [0.25, 0.3) is 5.91 Å². The maximum absolute atomic E-state index is 13.0. The van der Waals surface area contributed by atoms with Crippen LogP contribution in [0.1, 0.15) is 28.7 Å². The summed E-state index contributed by atoms with van der Waals surface area (Å²) in [6.45, 7) is 1.54. The molecule has 1 amide bonds. The Bertz CT molecular complexity index is 743. The summed E-state index contributed by atoms with van der Waals surface area (Å²) in [6, 6.07) is 0.787. The lowest BCUT2D eigenvalue weighted by atomic mass is 10.2. The van der Waals surface area contributed by atoms with E-state index in [1.807, 2.05) is 0 Å². The van der Waals surface area contributed by atoms with E-state index in [1.165, 1.54) is 11.9 Å². The second-order valence-corrected chi connectivity index (χ2v) is 5.39. The van der Waals surface area contributed by atoms with Crippen molar-refractivity contribution in [2.45, 2.75) is 19.5 Å². The number of fused-ring (bicyclic) bond motifs is 1. The summed E-state index contributed by atoms with van der Waals surface area (Å²) in [7, 11) is 1.45. The minimum absolute atomic E-state index is 0.0199. The number of halogens is 4. The van der Waals surface area contributed by atoms with Crippen LogP contribution in [-0.2, 0) is 12.6 Å². The molecule has 2 aromatic heterocycles. The molecule has 0 atom stereocenters. The number of nitrogens with zero attached hydrogens (tertiary/aromatic N) is 3. The van der Waals surface area contributed by atoms with E-state index in [4.69, 9.17) is 16.7 Å². The summed E-state index contributed by atoms with van der Waals surface area (Å²) in [5.41, 5.74) is -0.501. The smallest absolute Gasteiger partial charge is 0.395 e. The first-order chi connectivity index (χ1) is 10.7. The lowest BCUT2D eigenvalue weighted by Gasteiger charge is -2.16. The predicted molar refractivity (Wildman–Crippen MR) is 78.6 cm³/mol. The van der Waals surface area contributed by atoms with Gasteiger partial charge in [0.05, 0.1) is 22.9 Å². The number of hydrogen-bond acceptors (Lipinski definition) is 3. The van der Waals surface area contributed by atoms with Crippen molar-refractivity contribution >= 4 is 23.2 Å². The molecule has 1 N–H and O–H groups in total. The van der Waals surface area contributed by atoms with Crippen molar-refractivity contribution in [1.29, 1.82) is 0 Å². The number of carbonyl (C=O) groups excluding carboxylic acids is 1. The average molecular weight is 350 g/mol. The van der Waals surface area contributed by atoms with Gasteiger partial charge in [-0.2, -0.15) is 13.2 Å². The van der Waals surface area contributed by atoms with E-state index in [2.05, 4.69) is 4.98 Å². The summed E-state index contributed by atoms with van der Waals surface area (Å²) in [5.74, 6) is -0.529. The van der Waals surface area contributed by atoms with E-state index < -0.39 is 17.6 Å². The van der Waals surface area contributed by atoms with Gasteiger partial charge in [-0.25, -0.2) is 4.98 Å². The first-order valence-electron chi connectivity index (χ1n) is 6.84. The largest absolute Gasteiger partial charge is 0.417 e. The number of hydrogen-bond donors (Lipinski definition) is 1. The molecule has 23 heavy (non-hydrogen) atoms. The summed E-state index contributed by atoms with van der Waals surface area (Å²) in [6.07, 6.45) is -3.42. The molecular formula is C14H15ClF3N3O2. The lowest BCUT2D eigenvalue weighted by Crippen LogP contribution is -2.31. The van der Waals surface area contributed by atoms with E-state index in [0.29, 0.717) is 12.1 Å². The maximum Gasteiger partial charge on any atom is 0.417 e. The summed E-state index contributed by atoms with van der Waals surface area (Å²) < 4.78 is 40.0. The van der Waals surface area contributed by atoms with Crippen LogP contribution in [0, 0.1) is 0 Å². The Labute approximate surface area is 135 Å². The van der Waals surface area contributed by atoms with Crippen LogP contribution in [0.5, 0.6) is 0 Å². The number of pyridine rings is 1. The number of amides is 1. The molecule has 0 aliphatic heterocycles. The molecule has 5 nitrogen and oxygen atoms in total. The zero-order valence-electron chi connectivity index (χ0n) is 12.5. The second-order valence-electron chi connectivity index (χ2n) is 4.98. The fourth-order valence-electron chi connectivity index (χ4n) is 2.21. The summed E-state index contributed by atoms with van der Waals surface area (Å²) in [5, 5.41) is 8.75. The molecule has 0 spiro atoms. The van der Waals surface area contributed by atoms with Crippen molar-refractivity contribution in [3.63, 3.8) is 0 Å². The van der Waals surface area contributed by atoms with Crippen LogP contribution in [0.3, 0.4) is 0 Å². The average Bonchev–Trinajstić information content (AvgIpc) is 2.84. The summed E-state index contributed by atoms with van der Waals surface area (Å²) >= 11 is 5.91. The van der Waals surface area contributed by atoms with Crippen LogP contribution in [0.15, 0.2) is 12.3 Å². The molecule has 2 aromatic rings. The molecule has 0 radical (unpaired) electrons. The number of imidazole rings is 1. The highest BCUT2D eigenvalue weighted by Crippen LogP contribution is 2.33. The third kappa shape index (κ3) is 3.28. The number of aryl methyl sites for hydroxylation is 1. The van der Waals surface area contributed by atoms with E-state index >= 15 is 0 Å². The Morgan fingerprint density at radius 1 is 1.48 bits per heavy atom. The van der Waals surface area contributed by atoms with Crippen molar-refractivity contribution < 1.29 is 23.1 Å². The molecular weight excluding hydrogens is 335 g/mol. The highest BCUT2D eigenvalue weighted by Gasteiger charge is 2.33. The van der Waals surface area contributed by atoms with Gasteiger partial charge in [0.2, 0.25) is 0 Å². The molecule has 9 heteroatoms. The number of rotatable bonds is 4. The van der Waals surface area contributed by atoms with Gasteiger partial charge in [0.1, 0.15) is 5.69 Å². The zero-order valence-corrected chi connectivity index (χ0v) is 13.2. The van der Waals surface area contributed by atoms with E-state index in [1.54, 1.807) is 6.92 Å². The minimum Gasteiger partial charge on any atom is -0.395 e.